The topological polar surface area (TPSA) is 46.6 Å². The lowest BCUT2D eigenvalue weighted by molar-refractivity contribution is 0.897. The van der Waals surface area contributed by atoms with Gasteiger partial charge in [-0.25, -0.2) is 4.98 Å². The average molecular weight is 210 g/mol. The van der Waals surface area contributed by atoms with Crippen molar-refractivity contribution in [3.63, 3.8) is 0 Å². The smallest absolute Gasteiger partial charge is 0.195 e. The van der Waals surface area contributed by atoms with Gasteiger partial charge in [-0.1, -0.05) is 0 Å². The van der Waals surface area contributed by atoms with Gasteiger partial charge in [0.1, 0.15) is 0 Å². The zero-order valence-electron chi connectivity index (χ0n) is 8.40. The first-order valence-electron chi connectivity index (χ1n) is 4.56. The van der Waals surface area contributed by atoms with Gasteiger partial charge >= 0.3 is 0 Å². The van der Waals surface area contributed by atoms with Crippen molar-refractivity contribution in [3.8, 4) is 0 Å². The lowest BCUT2D eigenvalue weighted by Crippen LogP contribution is -2.14. The Kier molecular flexibility index (Phi) is 2.43. The number of thiazole rings is 1. The number of anilines is 1. The van der Waals surface area contributed by atoms with E-state index in [2.05, 4.69) is 9.38 Å². The summed E-state index contributed by atoms with van der Waals surface area (Å²) in [7, 11) is 4.01. The van der Waals surface area contributed by atoms with E-state index in [0.29, 0.717) is 6.54 Å². The molecule has 0 unspecified atom stereocenters. The molecule has 0 aromatic carbocycles. The molecule has 0 aliphatic rings. The zero-order valence-corrected chi connectivity index (χ0v) is 9.21. The first-order valence-corrected chi connectivity index (χ1v) is 5.44. The Morgan fingerprint density at radius 3 is 3.00 bits per heavy atom. The van der Waals surface area contributed by atoms with Crippen LogP contribution in [0, 0.1) is 0 Å². The van der Waals surface area contributed by atoms with Crippen LogP contribution in [-0.2, 0) is 6.42 Å². The minimum atomic E-state index is 0.657. The molecular weight excluding hydrogens is 196 g/mol. The first kappa shape index (κ1) is 9.48. The molecule has 5 heteroatoms. The Bertz CT molecular complexity index is 429. The van der Waals surface area contributed by atoms with Gasteiger partial charge in [0, 0.05) is 32.1 Å². The highest BCUT2D eigenvalue weighted by molar-refractivity contribution is 7.15. The summed E-state index contributed by atoms with van der Waals surface area (Å²) in [5, 5.41) is 2.04. The normalized spacial score (nSPS) is 11.1. The number of hydrogen-bond acceptors (Lipinski definition) is 4. The number of hydrogen-bond donors (Lipinski definition) is 1. The van der Waals surface area contributed by atoms with Crippen LogP contribution in [-0.4, -0.2) is 30.0 Å². The van der Waals surface area contributed by atoms with Crippen LogP contribution in [0.2, 0.25) is 0 Å². The van der Waals surface area contributed by atoms with E-state index in [-0.39, 0.29) is 0 Å². The summed E-state index contributed by atoms with van der Waals surface area (Å²) in [6.07, 6.45) is 2.91. The molecule has 0 aliphatic carbocycles. The van der Waals surface area contributed by atoms with Gasteiger partial charge in [-0.15, -0.1) is 11.3 Å². The van der Waals surface area contributed by atoms with Crippen molar-refractivity contribution in [2.24, 2.45) is 5.73 Å². The molecule has 2 aromatic heterocycles. The molecule has 0 aliphatic heterocycles. The standard InChI is InChI=1S/C9H14N4S/c1-12(2)8-7(3-4-10)13-5-6-14-9(13)11-8/h5-6H,3-4,10H2,1-2H3. The van der Waals surface area contributed by atoms with Crippen LogP contribution in [0.1, 0.15) is 5.69 Å². The number of nitrogens with zero attached hydrogens (tertiary/aromatic N) is 3. The SMILES string of the molecule is CN(C)c1nc2sccn2c1CCN. The second kappa shape index (κ2) is 3.59. The summed E-state index contributed by atoms with van der Waals surface area (Å²) in [6.45, 7) is 0.657. The molecule has 2 aromatic rings. The Morgan fingerprint density at radius 1 is 1.57 bits per heavy atom. The van der Waals surface area contributed by atoms with Crippen LogP contribution < -0.4 is 10.6 Å². The highest BCUT2D eigenvalue weighted by Crippen LogP contribution is 2.23. The van der Waals surface area contributed by atoms with Crippen molar-refractivity contribution in [1.82, 2.24) is 9.38 Å². The molecule has 4 nitrogen and oxygen atoms in total. The van der Waals surface area contributed by atoms with E-state index in [1.54, 1.807) is 11.3 Å². The molecule has 0 saturated carbocycles. The number of fused-ring (bicyclic) bond motifs is 1. The maximum absolute atomic E-state index is 5.59. The molecule has 2 heterocycles. The largest absolute Gasteiger partial charge is 0.361 e. The number of imidazole rings is 1. The van der Waals surface area contributed by atoms with E-state index in [4.69, 9.17) is 5.73 Å². The zero-order chi connectivity index (χ0) is 10.1. The van der Waals surface area contributed by atoms with Crippen LogP contribution >= 0.6 is 11.3 Å². The molecule has 0 atom stereocenters. The molecule has 0 fully saturated rings. The van der Waals surface area contributed by atoms with Crippen LogP contribution in [0.4, 0.5) is 5.82 Å². The van der Waals surface area contributed by atoms with E-state index in [1.165, 1.54) is 5.69 Å². The van der Waals surface area contributed by atoms with Gasteiger partial charge in [0.2, 0.25) is 0 Å². The van der Waals surface area contributed by atoms with Crippen LogP contribution in [0.25, 0.3) is 4.96 Å². The lowest BCUT2D eigenvalue weighted by Gasteiger charge is -2.10. The second-order valence-electron chi connectivity index (χ2n) is 3.37. The third-order valence-corrected chi connectivity index (χ3v) is 2.90. The number of aromatic nitrogens is 2. The van der Waals surface area contributed by atoms with Crippen molar-refractivity contribution in [2.45, 2.75) is 6.42 Å². The van der Waals surface area contributed by atoms with Crippen LogP contribution in [0.5, 0.6) is 0 Å². The molecular formula is C9H14N4S. The molecule has 0 bridgehead atoms. The Balaban J connectivity index is 2.57. The summed E-state index contributed by atoms with van der Waals surface area (Å²) < 4.78 is 2.12. The Hall–Kier alpha value is -1.07. The highest BCUT2D eigenvalue weighted by Gasteiger charge is 2.13. The highest BCUT2D eigenvalue weighted by atomic mass is 32.1. The predicted molar refractivity (Wildman–Crippen MR) is 60.2 cm³/mol. The van der Waals surface area contributed by atoms with Crippen LogP contribution in [0.3, 0.4) is 0 Å². The van der Waals surface area contributed by atoms with Crippen molar-refractivity contribution < 1.29 is 0 Å². The number of nitrogens with two attached hydrogens (primary N) is 1. The minimum absolute atomic E-state index is 0.657. The van der Waals surface area contributed by atoms with Gasteiger partial charge in [-0.2, -0.15) is 0 Å². The van der Waals surface area contributed by atoms with E-state index in [9.17, 15) is 0 Å². The molecule has 2 rings (SSSR count). The maximum Gasteiger partial charge on any atom is 0.195 e. The summed E-state index contributed by atoms with van der Waals surface area (Å²) >= 11 is 1.65. The van der Waals surface area contributed by atoms with Crippen LogP contribution in [0.15, 0.2) is 11.6 Å². The molecule has 76 valence electrons. The molecule has 0 saturated heterocycles. The molecule has 14 heavy (non-hydrogen) atoms. The lowest BCUT2D eigenvalue weighted by atomic mass is 10.3. The quantitative estimate of drug-likeness (QED) is 0.821. The summed E-state index contributed by atoms with van der Waals surface area (Å²) in [4.78, 5) is 7.61. The van der Waals surface area contributed by atoms with Gasteiger partial charge in [0.15, 0.2) is 10.8 Å². The van der Waals surface area contributed by atoms with Crippen molar-refractivity contribution in [3.05, 3.63) is 17.3 Å². The molecule has 0 amide bonds. The predicted octanol–water partition coefficient (Wildman–Crippen LogP) is 0.963. The van der Waals surface area contributed by atoms with Gasteiger partial charge in [0.05, 0.1) is 5.69 Å². The molecule has 2 N–H and O–H groups in total. The fourth-order valence-corrected chi connectivity index (χ4v) is 2.28. The summed E-state index contributed by atoms with van der Waals surface area (Å²) in [5.41, 5.74) is 6.79. The minimum Gasteiger partial charge on any atom is -0.361 e. The third kappa shape index (κ3) is 1.38. The fourth-order valence-electron chi connectivity index (χ4n) is 1.55. The van der Waals surface area contributed by atoms with Gasteiger partial charge in [0.25, 0.3) is 0 Å². The fraction of sp³-hybridized carbons (Fsp3) is 0.444. The Labute approximate surface area is 87.0 Å². The van der Waals surface area contributed by atoms with Crippen molar-refractivity contribution in [1.29, 1.82) is 0 Å². The molecule has 0 spiro atoms. The second-order valence-corrected chi connectivity index (χ2v) is 4.24. The van der Waals surface area contributed by atoms with E-state index in [1.807, 2.05) is 30.6 Å². The average Bonchev–Trinajstić information content (AvgIpc) is 2.67. The summed E-state index contributed by atoms with van der Waals surface area (Å²) in [5.74, 6) is 1.03. The Morgan fingerprint density at radius 2 is 2.36 bits per heavy atom. The maximum atomic E-state index is 5.59. The van der Waals surface area contributed by atoms with Gasteiger partial charge < -0.3 is 10.6 Å². The van der Waals surface area contributed by atoms with E-state index < -0.39 is 0 Å². The first-order chi connectivity index (χ1) is 6.74. The van der Waals surface area contributed by atoms with Crippen molar-refractivity contribution in [2.75, 3.05) is 25.5 Å². The molecule has 0 radical (unpaired) electrons. The van der Waals surface area contributed by atoms with E-state index in [0.717, 1.165) is 17.2 Å². The van der Waals surface area contributed by atoms with Gasteiger partial charge in [-0.3, -0.25) is 4.40 Å². The van der Waals surface area contributed by atoms with Crippen molar-refractivity contribution >= 4 is 22.1 Å². The van der Waals surface area contributed by atoms with Gasteiger partial charge in [-0.05, 0) is 6.54 Å². The third-order valence-electron chi connectivity index (χ3n) is 2.14. The van der Waals surface area contributed by atoms with E-state index >= 15 is 0 Å². The monoisotopic (exact) mass is 210 g/mol. The number of rotatable bonds is 3. The summed E-state index contributed by atoms with van der Waals surface area (Å²) in [6, 6.07) is 0.